The highest BCUT2D eigenvalue weighted by Gasteiger charge is 2.30. The van der Waals surface area contributed by atoms with E-state index in [1.54, 1.807) is 0 Å². The Balaban J connectivity index is 2.21. The first kappa shape index (κ1) is 11.3. The van der Waals surface area contributed by atoms with Gasteiger partial charge in [-0.15, -0.1) is 0 Å². The Labute approximate surface area is 102 Å². The molecule has 84 valence electrons. The predicted molar refractivity (Wildman–Crippen MR) is 65.7 cm³/mol. The maximum atomic E-state index is 11.7. The quantitative estimate of drug-likeness (QED) is 0.682. The lowest BCUT2D eigenvalue weighted by Gasteiger charge is -2.23. The zero-order chi connectivity index (χ0) is 11.5. The second kappa shape index (κ2) is 4.78. The van der Waals surface area contributed by atoms with Gasteiger partial charge >= 0.3 is 0 Å². The van der Waals surface area contributed by atoms with Crippen molar-refractivity contribution >= 4 is 33.3 Å². The number of carbonyl (C=O) groups is 2. The third-order valence-corrected chi connectivity index (χ3v) is 3.14. The van der Waals surface area contributed by atoms with Gasteiger partial charge < -0.3 is 5.32 Å². The van der Waals surface area contributed by atoms with Crippen LogP contribution in [0.2, 0.25) is 0 Å². The SMILES string of the molecule is O=C(CCBr)C1Cc2ccccc2NC1=O. The molecule has 0 radical (unpaired) electrons. The number of fused-ring (bicyclic) bond motifs is 1. The van der Waals surface area contributed by atoms with Gasteiger partial charge in [0.1, 0.15) is 11.7 Å². The fourth-order valence-electron chi connectivity index (χ4n) is 1.88. The van der Waals surface area contributed by atoms with Crippen LogP contribution >= 0.6 is 15.9 Å². The number of Topliss-reactive ketones (excluding diaryl/α,β-unsaturated/α-hetero) is 1. The summed E-state index contributed by atoms with van der Waals surface area (Å²) in [4.78, 5) is 23.5. The lowest BCUT2D eigenvalue weighted by molar-refractivity contribution is -0.131. The number of para-hydroxylation sites is 1. The minimum Gasteiger partial charge on any atom is -0.325 e. The van der Waals surface area contributed by atoms with Crippen molar-refractivity contribution in [2.24, 2.45) is 5.92 Å². The number of ketones is 1. The second-order valence-electron chi connectivity index (χ2n) is 3.81. The van der Waals surface area contributed by atoms with Crippen LogP contribution < -0.4 is 5.32 Å². The zero-order valence-corrected chi connectivity index (χ0v) is 10.3. The van der Waals surface area contributed by atoms with Crippen LogP contribution in [0.4, 0.5) is 5.69 Å². The monoisotopic (exact) mass is 281 g/mol. The molecule has 1 aliphatic heterocycles. The minimum absolute atomic E-state index is 0.00359. The maximum absolute atomic E-state index is 11.7. The zero-order valence-electron chi connectivity index (χ0n) is 8.70. The van der Waals surface area contributed by atoms with Gasteiger partial charge in [0.05, 0.1) is 0 Å². The Morgan fingerprint density at radius 1 is 1.44 bits per heavy atom. The van der Waals surface area contributed by atoms with Crippen molar-refractivity contribution in [3.05, 3.63) is 29.8 Å². The Kier molecular flexibility index (Phi) is 3.39. The average Bonchev–Trinajstić information content (AvgIpc) is 2.28. The molecule has 3 nitrogen and oxygen atoms in total. The summed E-state index contributed by atoms with van der Waals surface area (Å²) in [5, 5.41) is 3.38. The van der Waals surface area contributed by atoms with E-state index in [9.17, 15) is 9.59 Å². The van der Waals surface area contributed by atoms with Crippen LogP contribution in [0.15, 0.2) is 24.3 Å². The normalized spacial score (nSPS) is 18.8. The lowest BCUT2D eigenvalue weighted by atomic mass is 9.89. The van der Waals surface area contributed by atoms with Gasteiger partial charge in [-0.05, 0) is 18.1 Å². The number of benzene rings is 1. The molecule has 0 fully saturated rings. The first-order chi connectivity index (χ1) is 7.72. The Morgan fingerprint density at radius 2 is 2.19 bits per heavy atom. The summed E-state index contributed by atoms with van der Waals surface area (Å²) >= 11 is 3.22. The first-order valence-electron chi connectivity index (χ1n) is 5.20. The highest BCUT2D eigenvalue weighted by Crippen LogP contribution is 2.26. The molecule has 1 heterocycles. The largest absolute Gasteiger partial charge is 0.325 e. The topological polar surface area (TPSA) is 46.2 Å². The highest BCUT2D eigenvalue weighted by molar-refractivity contribution is 9.09. The van der Waals surface area contributed by atoms with Crippen molar-refractivity contribution in [3.63, 3.8) is 0 Å². The molecule has 1 unspecified atom stereocenters. The van der Waals surface area contributed by atoms with Crippen LogP contribution in [-0.2, 0) is 16.0 Å². The summed E-state index contributed by atoms with van der Waals surface area (Å²) < 4.78 is 0. The van der Waals surface area contributed by atoms with Gasteiger partial charge in [0, 0.05) is 17.4 Å². The molecule has 1 atom stereocenters. The number of halogens is 1. The van der Waals surface area contributed by atoms with E-state index in [0.717, 1.165) is 11.3 Å². The number of alkyl halides is 1. The molecule has 2 rings (SSSR count). The molecule has 0 aromatic heterocycles. The molecule has 1 N–H and O–H groups in total. The number of amides is 1. The van der Waals surface area contributed by atoms with E-state index >= 15 is 0 Å². The molecule has 16 heavy (non-hydrogen) atoms. The van der Waals surface area contributed by atoms with Gasteiger partial charge in [-0.25, -0.2) is 0 Å². The first-order valence-corrected chi connectivity index (χ1v) is 6.32. The lowest BCUT2D eigenvalue weighted by Crippen LogP contribution is -2.35. The summed E-state index contributed by atoms with van der Waals surface area (Å²) in [5.41, 5.74) is 1.87. The van der Waals surface area contributed by atoms with Gasteiger partial charge in [-0.3, -0.25) is 9.59 Å². The molecular weight excluding hydrogens is 270 g/mol. The maximum Gasteiger partial charge on any atom is 0.235 e. The van der Waals surface area contributed by atoms with E-state index in [1.165, 1.54) is 0 Å². The molecular formula is C12H12BrNO2. The molecule has 0 spiro atoms. The average molecular weight is 282 g/mol. The van der Waals surface area contributed by atoms with Crippen molar-refractivity contribution < 1.29 is 9.59 Å². The van der Waals surface area contributed by atoms with Crippen molar-refractivity contribution in [1.82, 2.24) is 0 Å². The summed E-state index contributed by atoms with van der Waals surface area (Å²) in [7, 11) is 0. The van der Waals surface area contributed by atoms with Crippen LogP contribution in [0.25, 0.3) is 0 Å². The van der Waals surface area contributed by atoms with Crippen molar-refractivity contribution in [2.75, 3.05) is 10.6 Å². The third kappa shape index (κ3) is 2.16. The Bertz CT molecular complexity index is 431. The fraction of sp³-hybridized carbons (Fsp3) is 0.333. The van der Waals surface area contributed by atoms with Gasteiger partial charge in [0.15, 0.2) is 0 Å². The van der Waals surface area contributed by atoms with E-state index in [4.69, 9.17) is 0 Å². The van der Waals surface area contributed by atoms with E-state index in [-0.39, 0.29) is 11.7 Å². The number of carbonyl (C=O) groups excluding carboxylic acids is 2. The number of anilines is 1. The summed E-state index contributed by atoms with van der Waals surface area (Å²) in [6.45, 7) is 0. The smallest absolute Gasteiger partial charge is 0.235 e. The van der Waals surface area contributed by atoms with E-state index in [0.29, 0.717) is 18.2 Å². The van der Waals surface area contributed by atoms with Crippen LogP contribution in [-0.4, -0.2) is 17.0 Å². The second-order valence-corrected chi connectivity index (χ2v) is 4.60. The van der Waals surface area contributed by atoms with Gasteiger partial charge in [0.25, 0.3) is 0 Å². The molecule has 0 aliphatic carbocycles. The summed E-state index contributed by atoms with van der Waals surface area (Å²) in [5.74, 6) is -0.694. The molecule has 1 aromatic rings. The van der Waals surface area contributed by atoms with Gasteiger partial charge in [-0.1, -0.05) is 34.1 Å². The standard InChI is InChI=1S/C12H12BrNO2/c13-6-5-11(15)9-7-8-3-1-2-4-10(8)14-12(9)16/h1-4,9H,5-7H2,(H,14,16). The molecule has 0 saturated carbocycles. The molecule has 1 amide bonds. The van der Waals surface area contributed by atoms with E-state index in [1.807, 2.05) is 24.3 Å². The van der Waals surface area contributed by atoms with E-state index < -0.39 is 5.92 Å². The Hall–Kier alpha value is -1.16. The van der Waals surface area contributed by atoms with Crippen molar-refractivity contribution in [1.29, 1.82) is 0 Å². The number of nitrogens with one attached hydrogen (secondary N) is 1. The number of rotatable bonds is 3. The van der Waals surface area contributed by atoms with Crippen LogP contribution in [0, 0.1) is 5.92 Å². The summed E-state index contributed by atoms with van der Waals surface area (Å²) in [6.07, 6.45) is 0.925. The molecule has 0 saturated heterocycles. The third-order valence-electron chi connectivity index (χ3n) is 2.75. The number of hydrogen-bond donors (Lipinski definition) is 1. The Morgan fingerprint density at radius 3 is 2.94 bits per heavy atom. The van der Waals surface area contributed by atoms with Crippen molar-refractivity contribution in [2.45, 2.75) is 12.8 Å². The van der Waals surface area contributed by atoms with Crippen LogP contribution in [0.5, 0.6) is 0 Å². The van der Waals surface area contributed by atoms with E-state index in [2.05, 4.69) is 21.2 Å². The minimum atomic E-state index is -0.521. The van der Waals surface area contributed by atoms with Gasteiger partial charge in [0.2, 0.25) is 5.91 Å². The van der Waals surface area contributed by atoms with Crippen LogP contribution in [0.1, 0.15) is 12.0 Å². The van der Waals surface area contributed by atoms with Crippen LogP contribution in [0.3, 0.4) is 0 Å². The molecule has 1 aromatic carbocycles. The van der Waals surface area contributed by atoms with Gasteiger partial charge in [-0.2, -0.15) is 0 Å². The molecule has 0 bridgehead atoms. The predicted octanol–water partition coefficient (Wildman–Crippen LogP) is 2.15. The number of hydrogen-bond acceptors (Lipinski definition) is 2. The fourth-order valence-corrected chi connectivity index (χ4v) is 2.27. The highest BCUT2D eigenvalue weighted by atomic mass is 79.9. The molecule has 1 aliphatic rings. The van der Waals surface area contributed by atoms with Crippen molar-refractivity contribution in [3.8, 4) is 0 Å². The summed E-state index contributed by atoms with van der Waals surface area (Å²) in [6, 6.07) is 7.60. The molecule has 4 heteroatoms.